The molecule has 1 fully saturated rings. The number of aromatic nitrogens is 2. The number of imidazole rings is 1. The number of likely N-dealkylation sites (tertiary alicyclic amines) is 1. The number of rotatable bonds is 13. The van der Waals surface area contributed by atoms with Crippen molar-refractivity contribution in [2.45, 2.75) is 62.7 Å². The topological polar surface area (TPSA) is 214 Å². The van der Waals surface area contributed by atoms with Crippen LogP contribution < -0.4 is 22.1 Å². The summed E-state index contributed by atoms with van der Waals surface area (Å²) >= 11 is 0. The van der Waals surface area contributed by atoms with Crippen LogP contribution in [0, 0.1) is 0 Å². The Kier molecular flexibility index (Phi) is 9.93. The van der Waals surface area contributed by atoms with Crippen molar-refractivity contribution < 1.29 is 29.1 Å². The minimum atomic E-state index is -1.22. The maximum atomic E-state index is 13.7. The summed E-state index contributed by atoms with van der Waals surface area (Å²) in [6, 6.07) is 4.84. The van der Waals surface area contributed by atoms with Gasteiger partial charge in [-0.15, -0.1) is 0 Å². The van der Waals surface area contributed by atoms with Crippen molar-refractivity contribution >= 4 is 29.6 Å². The monoisotopic (exact) mass is 527 g/mol. The van der Waals surface area contributed by atoms with Crippen LogP contribution in [-0.2, 0) is 36.8 Å². The van der Waals surface area contributed by atoms with E-state index in [0.717, 1.165) is 5.56 Å². The first kappa shape index (κ1) is 28.3. The Balaban J connectivity index is 1.74. The Labute approximate surface area is 219 Å². The number of H-pyrrole nitrogens is 1. The second-order valence-electron chi connectivity index (χ2n) is 9.23. The minimum absolute atomic E-state index is 0.00236. The number of aromatic amines is 1. The van der Waals surface area contributed by atoms with Crippen LogP contribution in [0.1, 0.15) is 36.9 Å². The summed E-state index contributed by atoms with van der Waals surface area (Å²) in [6.07, 6.45) is 3.85. The van der Waals surface area contributed by atoms with Gasteiger partial charge in [-0.1, -0.05) is 30.3 Å². The van der Waals surface area contributed by atoms with E-state index in [0.29, 0.717) is 18.5 Å². The molecule has 1 saturated heterocycles. The van der Waals surface area contributed by atoms with Gasteiger partial charge in [-0.3, -0.25) is 19.2 Å². The van der Waals surface area contributed by atoms with Gasteiger partial charge in [0.15, 0.2) is 0 Å². The number of carbonyl (C=O) groups is 5. The van der Waals surface area contributed by atoms with Gasteiger partial charge in [0.25, 0.3) is 0 Å². The molecule has 1 aromatic heterocycles. The molecule has 3 rings (SSSR count). The van der Waals surface area contributed by atoms with Gasteiger partial charge < -0.3 is 37.1 Å². The number of hydrogen-bond donors (Lipinski definition) is 6. The van der Waals surface area contributed by atoms with Crippen molar-refractivity contribution in [3.63, 3.8) is 0 Å². The first-order valence-electron chi connectivity index (χ1n) is 12.3. The van der Waals surface area contributed by atoms with Gasteiger partial charge >= 0.3 is 5.97 Å². The molecule has 0 bridgehead atoms. The number of carbonyl (C=O) groups excluding carboxylic acids is 4. The molecule has 4 unspecified atom stereocenters. The lowest BCUT2D eigenvalue weighted by Gasteiger charge is -2.30. The Bertz CT molecular complexity index is 1120. The van der Waals surface area contributed by atoms with Gasteiger partial charge in [-0.2, -0.15) is 0 Å². The van der Waals surface area contributed by atoms with Gasteiger partial charge in [0.05, 0.1) is 12.4 Å². The zero-order chi connectivity index (χ0) is 27.7. The largest absolute Gasteiger partial charge is 0.480 e. The van der Waals surface area contributed by atoms with E-state index in [9.17, 15) is 29.1 Å². The lowest BCUT2D eigenvalue weighted by atomic mass is 10.0. The molecule has 0 radical (unpaired) electrons. The number of nitrogens with two attached hydrogens (primary N) is 2. The van der Waals surface area contributed by atoms with Crippen molar-refractivity contribution in [1.82, 2.24) is 25.5 Å². The molecule has 0 saturated carbocycles. The van der Waals surface area contributed by atoms with E-state index in [-0.39, 0.29) is 32.2 Å². The summed E-state index contributed by atoms with van der Waals surface area (Å²) in [5.74, 6) is -3.51. The zero-order valence-corrected chi connectivity index (χ0v) is 20.8. The van der Waals surface area contributed by atoms with E-state index < -0.39 is 53.8 Å². The molecule has 204 valence electrons. The first-order chi connectivity index (χ1) is 18.2. The van der Waals surface area contributed by atoms with Gasteiger partial charge in [0, 0.05) is 37.7 Å². The number of primary amides is 1. The average Bonchev–Trinajstić information content (AvgIpc) is 3.59. The van der Waals surface area contributed by atoms with Crippen LogP contribution in [0.4, 0.5) is 0 Å². The van der Waals surface area contributed by atoms with Gasteiger partial charge in [-0.05, 0) is 24.8 Å². The maximum absolute atomic E-state index is 13.7. The minimum Gasteiger partial charge on any atom is -0.480 e. The van der Waals surface area contributed by atoms with E-state index in [1.165, 1.54) is 17.4 Å². The average molecular weight is 528 g/mol. The predicted octanol–water partition coefficient (Wildman–Crippen LogP) is -1.17. The van der Waals surface area contributed by atoms with Crippen molar-refractivity contribution in [1.29, 1.82) is 0 Å². The Morgan fingerprint density at radius 3 is 2.47 bits per heavy atom. The second kappa shape index (κ2) is 13.3. The smallest absolute Gasteiger partial charge is 0.326 e. The van der Waals surface area contributed by atoms with E-state index >= 15 is 0 Å². The highest BCUT2D eigenvalue weighted by molar-refractivity contribution is 5.94. The highest BCUT2D eigenvalue weighted by Crippen LogP contribution is 2.20. The van der Waals surface area contributed by atoms with Gasteiger partial charge in [-0.25, -0.2) is 9.78 Å². The van der Waals surface area contributed by atoms with Crippen LogP contribution in [0.15, 0.2) is 42.9 Å². The third kappa shape index (κ3) is 7.87. The normalized spacial score (nSPS) is 17.3. The quantitative estimate of drug-likeness (QED) is 0.186. The third-order valence-electron chi connectivity index (χ3n) is 6.37. The molecule has 38 heavy (non-hydrogen) atoms. The summed E-state index contributed by atoms with van der Waals surface area (Å²) in [7, 11) is 0. The summed E-state index contributed by atoms with van der Waals surface area (Å²) < 4.78 is 0. The molecule has 4 amide bonds. The number of nitrogens with one attached hydrogen (secondary N) is 3. The van der Waals surface area contributed by atoms with Crippen molar-refractivity contribution in [2.75, 3.05) is 6.54 Å². The molecule has 2 aromatic rings. The van der Waals surface area contributed by atoms with Crippen molar-refractivity contribution in [3.05, 3.63) is 54.1 Å². The molecule has 0 spiro atoms. The lowest BCUT2D eigenvalue weighted by Crippen LogP contribution is -2.57. The van der Waals surface area contributed by atoms with Crippen molar-refractivity contribution in [2.24, 2.45) is 11.5 Å². The maximum Gasteiger partial charge on any atom is 0.326 e. The highest BCUT2D eigenvalue weighted by Gasteiger charge is 2.39. The molecule has 13 nitrogen and oxygen atoms in total. The van der Waals surface area contributed by atoms with Crippen LogP contribution in [0.25, 0.3) is 0 Å². The third-order valence-corrected chi connectivity index (χ3v) is 6.37. The Hall–Kier alpha value is -4.26. The highest BCUT2D eigenvalue weighted by atomic mass is 16.4. The zero-order valence-electron chi connectivity index (χ0n) is 20.8. The molecular formula is C25H33N7O6. The SMILES string of the molecule is NC(=O)CCC(N)C(=O)NC(Cc1ccccc1)C(=O)N1CCCC1C(=O)NC(Cc1cnc[nH]1)C(=O)O. The van der Waals surface area contributed by atoms with Gasteiger partial charge in [0.1, 0.15) is 18.1 Å². The fourth-order valence-electron chi connectivity index (χ4n) is 4.34. The van der Waals surface area contributed by atoms with Crippen LogP contribution in [-0.4, -0.2) is 80.3 Å². The molecule has 13 heteroatoms. The number of amides is 4. The second-order valence-corrected chi connectivity index (χ2v) is 9.23. The Morgan fingerprint density at radius 2 is 1.84 bits per heavy atom. The molecule has 0 aliphatic carbocycles. The van der Waals surface area contributed by atoms with E-state index in [1.54, 1.807) is 24.3 Å². The van der Waals surface area contributed by atoms with Crippen LogP contribution >= 0.6 is 0 Å². The predicted molar refractivity (Wildman–Crippen MR) is 135 cm³/mol. The number of carboxylic acid groups (broad SMARTS) is 1. The number of nitrogens with zero attached hydrogens (tertiary/aromatic N) is 2. The Morgan fingerprint density at radius 1 is 1.11 bits per heavy atom. The fraction of sp³-hybridized carbons (Fsp3) is 0.440. The molecule has 1 aromatic carbocycles. The molecule has 4 atom stereocenters. The summed E-state index contributed by atoms with van der Waals surface area (Å²) in [4.78, 5) is 70.4. The van der Waals surface area contributed by atoms with Crippen LogP contribution in [0.3, 0.4) is 0 Å². The first-order valence-corrected chi connectivity index (χ1v) is 12.3. The summed E-state index contributed by atoms with van der Waals surface area (Å²) in [6.45, 7) is 0.268. The molecule has 1 aliphatic heterocycles. The number of hydrogen-bond acceptors (Lipinski definition) is 7. The van der Waals surface area contributed by atoms with Crippen LogP contribution in [0.2, 0.25) is 0 Å². The summed E-state index contributed by atoms with van der Waals surface area (Å²) in [5, 5.41) is 14.8. The van der Waals surface area contributed by atoms with E-state index in [4.69, 9.17) is 11.5 Å². The standard InChI is InChI=1S/C25H33N7O6/c26-17(8-9-21(27)33)22(34)30-18(11-15-5-2-1-3-6-15)24(36)32-10-4-7-20(32)23(35)31-19(25(37)38)12-16-13-28-14-29-16/h1-3,5-6,13-14,17-20H,4,7-12,26H2,(H2,27,33)(H,28,29)(H,30,34)(H,31,35)(H,37,38). The number of carboxylic acids is 1. The van der Waals surface area contributed by atoms with Gasteiger partial charge in [0.2, 0.25) is 23.6 Å². The van der Waals surface area contributed by atoms with E-state index in [1.807, 2.05) is 6.07 Å². The fourth-order valence-corrected chi connectivity index (χ4v) is 4.34. The molecule has 2 heterocycles. The molecule has 8 N–H and O–H groups in total. The van der Waals surface area contributed by atoms with Crippen LogP contribution in [0.5, 0.6) is 0 Å². The molecule has 1 aliphatic rings. The summed E-state index contributed by atoms with van der Waals surface area (Å²) in [5.41, 5.74) is 12.4. The lowest BCUT2D eigenvalue weighted by molar-refractivity contribution is -0.145. The molecular weight excluding hydrogens is 494 g/mol. The number of benzene rings is 1. The van der Waals surface area contributed by atoms with Crippen molar-refractivity contribution in [3.8, 4) is 0 Å². The number of aliphatic carboxylic acids is 1. The van der Waals surface area contributed by atoms with E-state index in [2.05, 4.69) is 20.6 Å².